The second-order valence-electron chi connectivity index (χ2n) is 11.4. The first-order chi connectivity index (χ1) is 20.3. The van der Waals surface area contributed by atoms with Crippen molar-refractivity contribution in [1.29, 1.82) is 0 Å². The van der Waals surface area contributed by atoms with Crippen molar-refractivity contribution in [2.75, 3.05) is 0 Å². The van der Waals surface area contributed by atoms with Crippen LogP contribution in [0.4, 0.5) is 0 Å². The molecule has 0 heterocycles. The molecule has 0 saturated carbocycles. The normalized spacial score (nSPS) is 14.9. The first kappa shape index (κ1) is 28.2. The van der Waals surface area contributed by atoms with Crippen molar-refractivity contribution in [3.8, 4) is 11.1 Å². The Hall–Kier alpha value is -2.89. The zero-order chi connectivity index (χ0) is 28.2. The molecule has 205 valence electrons. The van der Waals surface area contributed by atoms with Crippen LogP contribution in [0.15, 0.2) is 103 Å². The van der Waals surface area contributed by atoms with Crippen molar-refractivity contribution in [2.45, 2.75) is 69.3 Å². The van der Waals surface area contributed by atoms with Crippen LogP contribution in [0.2, 0.25) is 0 Å². The molecule has 0 N–H and O–H groups in total. The van der Waals surface area contributed by atoms with Gasteiger partial charge in [0.05, 0.1) is 0 Å². The summed E-state index contributed by atoms with van der Waals surface area (Å²) in [7, 11) is 0. The number of rotatable bonds is 10. The predicted octanol–water partition coefficient (Wildman–Crippen LogP) is 10.3. The quantitative estimate of drug-likeness (QED) is 0.167. The van der Waals surface area contributed by atoms with Crippen LogP contribution in [0.5, 0.6) is 0 Å². The number of hydrogen-bond acceptors (Lipinski definition) is 0. The van der Waals surface area contributed by atoms with Crippen molar-refractivity contribution >= 4 is 8.78 Å². The summed E-state index contributed by atoms with van der Waals surface area (Å²) < 4.78 is 2.11. The summed E-state index contributed by atoms with van der Waals surface area (Å²) >= 11 is -1.17. The molecule has 0 aliphatic heterocycles. The molecule has 2 aliphatic rings. The van der Waals surface area contributed by atoms with Crippen molar-refractivity contribution < 1.29 is 22.8 Å². The zero-order valence-electron chi connectivity index (χ0n) is 24.8. The molecule has 1 heteroatoms. The molecule has 0 bridgehead atoms. The van der Waals surface area contributed by atoms with Crippen LogP contribution in [-0.4, -0.2) is 3.21 Å². The van der Waals surface area contributed by atoms with Crippen molar-refractivity contribution in [2.24, 2.45) is 0 Å². The van der Waals surface area contributed by atoms with E-state index in [-0.39, 0.29) is 0 Å². The molecule has 0 aromatic heterocycles. The number of benzene rings is 4. The summed E-state index contributed by atoms with van der Waals surface area (Å²) in [5, 5.41) is 0. The Balaban J connectivity index is 1.72. The van der Waals surface area contributed by atoms with Crippen LogP contribution in [0.3, 0.4) is 0 Å². The molecule has 2 aliphatic carbocycles. The van der Waals surface area contributed by atoms with Gasteiger partial charge in [0.25, 0.3) is 0 Å². The molecule has 6 rings (SSSR count). The van der Waals surface area contributed by atoms with E-state index in [1.54, 1.807) is 47.7 Å². The summed E-state index contributed by atoms with van der Waals surface area (Å²) in [6.45, 7) is 7.10. The van der Waals surface area contributed by atoms with Gasteiger partial charge in [-0.1, -0.05) is 0 Å². The Morgan fingerprint density at radius 1 is 0.659 bits per heavy atom. The Morgan fingerprint density at radius 2 is 1.22 bits per heavy atom. The van der Waals surface area contributed by atoms with Crippen molar-refractivity contribution in [1.82, 2.24) is 0 Å². The molecule has 4 aromatic carbocycles. The van der Waals surface area contributed by atoms with Gasteiger partial charge < -0.3 is 0 Å². The summed E-state index contributed by atoms with van der Waals surface area (Å²) in [5.74, 6) is 0. The molecule has 0 saturated heterocycles. The van der Waals surface area contributed by atoms with Gasteiger partial charge >= 0.3 is 260 Å². The number of fused-ring (bicyclic) bond motifs is 3. The summed E-state index contributed by atoms with van der Waals surface area (Å²) in [5.41, 5.74) is 17.4. The standard InChI is InChI=1S/C27H31.C13H10.Zr/c1-4-11-22-23(12-5-2)26(19-14-7-8-15-19)25-18-20-16-9-10-17-21(20)27(25)24(22)13-6-3;1-3-7-12(8-4-1)11-13-9-5-2-6-10-13;/h7-10,14,16-18H,4-6,11-13,15H2,1-3H3;1-10H;. The van der Waals surface area contributed by atoms with Crippen LogP contribution in [0.25, 0.3) is 16.7 Å². The second kappa shape index (κ2) is 13.0. The molecule has 0 radical (unpaired) electrons. The van der Waals surface area contributed by atoms with E-state index >= 15 is 0 Å². The van der Waals surface area contributed by atoms with Crippen LogP contribution < -0.4 is 0 Å². The van der Waals surface area contributed by atoms with Crippen LogP contribution >= 0.6 is 0 Å². The van der Waals surface area contributed by atoms with Crippen molar-refractivity contribution in [3.63, 3.8) is 0 Å². The van der Waals surface area contributed by atoms with Gasteiger partial charge in [-0.3, -0.25) is 0 Å². The fourth-order valence-electron chi connectivity index (χ4n) is 7.10. The molecular weight excluding hydrogens is 572 g/mol. The molecule has 0 fully saturated rings. The summed E-state index contributed by atoms with van der Waals surface area (Å²) in [6, 6.07) is 32.0. The maximum absolute atomic E-state index is 2.47. The minimum atomic E-state index is -1.17. The van der Waals surface area contributed by atoms with Crippen molar-refractivity contribution in [3.05, 3.63) is 148 Å². The molecule has 0 amide bonds. The maximum atomic E-state index is 2.47. The Bertz CT molecular complexity index is 1580. The van der Waals surface area contributed by atoms with E-state index in [1.807, 2.05) is 0 Å². The minimum absolute atomic E-state index is 0.499. The summed E-state index contributed by atoms with van der Waals surface area (Å²) in [6.07, 6.45) is 15.2. The Labute approximate surface area is 258 Å². The van der Waals surface area contributed by atoms with E-state index in [9.17, 15) is 0 Å². The van der Waals surface area contributed by atoms with Gasteiger partial charge in [-0.25, -0.2) is 0 Å². The monoisotopic (exact) mass is 611 g/mol. The third kappa shape index (κ3) is 5.39. The third-order valence-corrected chi connectivity index (χ3v) is 13.0. The average molecular weight is 613 g/mol. The molecule has 0 spiro atoms. The zero-order valence-corrected chi connectivity index (χ0v) is 27.3. The van der Waals surface area contributed by atoms with Crippen LogP contribution in [0, 0.1) is 0 Å². The van der Waals surface area contributed by atoms with E-state index < -0.39 is 22.8 Å². The van der Waals surface area contributed by atoms with E-state index in [0.29, 0.717) is 3.63 Å². The fourth-order valence-corrected chi connectivity index (χ4v) is 11.5. The van der Waals surface area contributed by atoms with Gasteiger partial charge in [0, 0.05) is 0 Å². The van der Waals surface area contributed by atoms with Gasteiger partial charge in [0.2, 0.25) is 0 Å². The molecule has 4 aromatic rings. The SMILES string of the molecule is CCCc1c(CCC)c(C2=CC=CC2)c2c(c1CCC)-c1ccccc1[CH]2[Zr]=[C](c1ccccc1)c1ccccc1. The molecule has 1 atom stereocenters. The third-order valence-electron chi connectivity index (χ3n) is 8.71. The Kier molecular flexibility index (Phi) is 8.93. The van der Waals surface area contributed by atoms with E-state index in [2.05, 4.69) is 124 Å². The van der Waals surface area contributed by atoms with Crippen LogP contribution in [-0.2, 0) is 42.0 Å². The van der Waals surface area contributed by atoms with Gasteiger partial charge in [-0.2, -0.15) is 0 Å². The van der Waals surface area contributed by atoms with Crippen LogP contribution in [0.1, 0.15) is 94.6 Å². The van der Waals surface area contributed by atoms with E-state index in [1.165, 1.54) is 55.2 Å². The average Bonchev–Trinajstić information content (AvgIpc) is 3.66. The molecular formula is C40H41Zr. The van der Waals surface area contributed by atoms with E-state index in [4.69, 9.17) is 0 Å². The number of hydrogen-bond donors (Lipinski definition) is 0. The fraction of sp³-hybridized carbons (Fsp3) is 0.275. The Morgan fingerprint density at radius 3 is 1.80 bits per heavy atom. The van der Waals surface area contributed by atoms with Gasteiger partial charge in [0.1, 0.15) is 0 Å². The first-order valence-electron chi connectivity index (χ1n) is 15.7. The number of allylic oxidation sites excluding steroid dienone is 4. The van der Waals surface area contributed by atoms with Gasteiger partial charge in [-0.05, 0) is 0 Å². The van der Waals surface area contributed by atoms with E-state index in [0.717, 1.165) is 6.42 Å². The predicted molar refractivity (Wildman–Crippen MR) is 174 cm³/mol. The molecule has 0 nitrogen and oxygen atoms in total. The first-order valence-corrected chi connectivity index (χ1v) is 18.3. The van der Waals surface area contributed by atoms with Gasteiger partial charge in [-0.15, -0.1) is 0 Å². The van der Waals surface area contributed by atoms with Gasteiger partial charge in [0.15, 0.2) is 0 Å². The second-order valence-corrected chi connectivity index (χ2v) is 14.8. The summed E-state index contributed by atoms with van der Waals surface area (Å²) in [4.78, 5) is 0. The topological polar surface area (TPSA) is 0 Å². The molecule has 41 heavy (non-hydrogen) atoms. The molecule has 1 unspecified atom stereocenters.